The zero-order chi connectivity index (χ0) is 37.0. The van der Waals surface area contributed by atoms with Gasteiger partial charge in [0, 0.05) is 40.2 Å². The fourth-order valence-corrected chi connectivity index (χ4v) is 8.75. The van der Waals surface area contributed by atoms with Gasteiger partial charge in [0.2, 0.25) is 0 Å². The largest absolute Gasteiger partial charge is 0.458 e. The van der Waals surface area contributed by atoms with E-state index in [2.05, 4.69) is 222 Å². The lowest BCUT2D eigenvalue weighted by Gasteiger charge is -2.40. The second-order valence-corrected chi connectivity index (χ2v) is 14.5. The van der Waals surface area contributed by atoms with E-state index in [4.69, 9.17) is 4.74 Å². The molecule has 0 amide bonds. The lowest BCUT2D eigenvalue weighted by atomic mass is 9.33. The Kier molecular flexibility index (Phi) is 7.60. The highest BCUT2D eigenvalue weighted by molar-refractivity contribution is 7.00. The molecule has 2 heterocycles. The van der Waals surface area contributed by atoms with Gasteiger partial charge in [-0.2, -0.15) is 0 Å². The summed E-state index contributed by atoms with van der Waals surface area (Å²) >= 11 is 0. The predicted molar refractivity (Wildman–Crippen MR) is 235 cm³/mol. The predicted octanol–water partition coefficient (Wildman–Crippen LogP) is 12.0. The Hall–Kier alpha value is -7.30. The molecule has 56 heavy (non-hydrogen) atoms. The van der Waals surface area contributed by atoms with Crippen molar-refractivity contribution in [1.29, 1.82) is 0 Å². The average molecular weight is 715 g/mol. The summed E-state index contributed by atoms with van der Waals surface area (Å²) in [5, 5.41) is 2.49. The molecule has 0 N–H and O–H groups in total. The monoisotopic (exact) mass is 714 g/mol. The van der Waals surface area contributed by atoms with E-state index in [9.17, 15) is 0 Å². The lowest BCUT2D eigenvalue weighted by molar-refractivity contribution is 0.487. The minimum absolute atomic E-state index is 0.0103. The standard InChI is InChI=1S/C52H35BN2O/c1-4-13-36(14-5-1)38-23-28-42(29-24-38)54(43-30-25-39(26-31-43)37-15-6-2-7-16-37)44-32-33-46-50(35-44)56-49-22-12-21-47-52(49)53(46)51-45-20-11-10-17-40(45)27-34-48(51)55(47)41-18-8-3-9-19-41/h1-35H. The van der Waals surface area contributed by atoms with Crippen molar-refractivity contribution in [2.24, 2.45) is 0 Å². The molecule has 4 heteroatoms. The highest BCUT2D eigenvalue weighted by Crippen LogP contribution is 2.44. The Bertz CT molecular complexity index is 2790. The van der Waals surface area contributed by atoms with Crippen molar-refractivity contribution in [2.45, 2.75) is 0 Å². The molecule has 0 aliphatic carbocycles. The van der Waals surface area contributed by atoms with Gasteiger partial charge in [0.25, 0.3) is 6.71 Å². The van der Waals surface area contributed by atoms with E-state index in [1.54, 1.807) is 0 Å². The first-order chi connectivity index (χ1) is 27.8. The summed E-state index contributed by atoms with van der Waals surface area (Å²) in [7, 11) is 0. The van der Waals surface area contributed by atoms with E-state index in [1.807, 2.05) is 0 Å². The molecule has 0 radical (unpaired) electrons. The average Bonchev–Trinajstić information content (AvgIpc) is 3.27. The summed E-state index contributed by atoms with van der Waals surface area (Å²) in [6, 6.07) is 76.1. The third-order valence-corrected chi connectivity index (χ3v) is 11.3. The van der Waals surface area contributed by atoms with Crippen molar-refractivity contribution in [1.82, 2.24) is 0 Å². The first-order valence-corrected chi connectivity index (χ1v) is 19.2. The third-order valence-electron chi connectivity index (χ3n) is 11.3. The molecule has 9 aromatic rings. The number of hydrogen-bond donors (Lipinski definition) is 0. The molecule has 0 spiro atoms. The number of anilines is 6. The fourth-order valence-electron chi connectivity index (χ4n) is 8.75. The minimum atomic E-state index is -0.0103. The molecular weight excluding hydrogens is 679 g/mol. The topological polar surface area (TPSA) is 15.7 Å². The quantitative estimate of drug-likeness (QED) is 0.160. The van der Waals surface area contributed by atoms with Crippen molar-refractivity contribution in [3.63, 3.8) is 0 Å². The first kappa shape index (κ1) is 32.2. The number of para-hydroxylation sites is 1. The summed E-state index contributed by atoms with van der Waals surface area (Å²) in [5.41, 5.74) is 15.1. The maximum absolute atomic E-state index is 7.00. The zero-order valence-electron chi connectivity index (χ0n) is 30.6. The molecule has 2 aliphatic rings. The van der Waals surface area contributed by atoms with Crippen LogP contribution in [0.3, 0.4) is 0 Å². The summed E-state index contributed by atoms with van der Waals surface area (Å²) in [5.74, 6) is 1.76. The van der Waals surface area contributed by atoms with Gasteiger partial charge in [-0.3, -0.25) is 0 Å². The Morgan fingerprint density at radius 3 is 1.61 bits per heavy atom. The molecule has 3 nitrogen and oxygen atoms in total. The Morgan fingerprint density at radius 1 is 0.393 bits per heavy atom. The molecule has 0 bridgehead atoms. The number of benzene rings is 9. The number of hydrogen-bond acceptors (Lipinski definition) is 3. The van der Waals surface area contributed by atoms with Crippen LogP contribution in [-0.2, 0) is 0 Å². The Labute approximate surface area is 327 Å². The molecule has 0 atom stereocenters. The lowest BCUT2D eigenvalue weighted by Crippen LogP contribution is -2.59. The van der Waals surface area contributed by atoms with Crippen LogP contribution in [0.25, 0.3) is 33.0 Å². The molecule has 0 aromatic heterocycles. The van der Waals surface area contributed by atoms with Gasteiger partial charge in [-0.05, 0) is 110 Å². The number of rotatable bonds is 6. The molecule has 2 aliphatic heterocycles. The van der Waals surface area contributed by atoms with Crippen LogP contribution in [0, 0.1) is 0 Å². The maximum Gasteiger partial charge on any atom is 0.257 e. The van der Waals surface area contributed by atoms with Gasteiger partial charge in [0.05, 0.1) is 0 Å². The zero-order valence-corrected chi connectivity index (χ0v) is 30.6. The van der Waals surface area contributed by atoms with E-state index < -0.39 is 0 Å². The SMILES string of the molecule is c1ccc(-c2ccc(N(c3ccc(-c4ccccc4)cc3)c3ccc4c(c3)Oc3cccc5c3B4c3c(ccc4ccccc34)N5c3ccccc3)cc2)cc1. The van der Waals surface area contributed by atoms with Crippen LogP contribution in [-0.4, -0.2) is 6.71 Å². The smallest absolute Gasteiger partial charge is 0.257 e. The van der Waals surface area contributed by atoms with Crippen LogP contribution < -0.4 is 30.9 Å². The second kappa shape index (κ2) is 13.2. The van der Waals surface area contributed by atoms with E-state index in [-0.39, 0.29) is 6.71 Å². The third kappa shape index (κ3) is 5.30. The van der Waals surface area contributed by atoms with Crippen molar-refractivity contribution < 1.29 is 4.74 Å². The van der Waals surface area contributed by atoms with Crippen molar-refractivity contribution in [3.8, 4) is 33.8 Å². The first-order valence-electron chi connectivity index (χ1n) is 19.2. The van der Waals surface area contributed by atoms with Crippen LogP contribution >= 0.6 is 0 Å². The summed E-state index contributed by atoms with van der Waals surface area (Å²) in [6.45, 7) is -0.0103. The van der Waals surface area contributed by atoms with Crippen molar-refractivity contribution in [2.75, 3.05) is 9.80 Å². The van der Waals surface area contributed by atoms with Gasteiger partial charge >= 0.3 is 0 Å². The fraction of sp³-hybridized carbons (Fsp3) is 0. The molecule has 0 unspecified atom stereocenters. The second-order valence-electron chi connectivity index (χ2n) is 14.5. The van der Waals surface area contributed by atoms with Gasteiger partial charge in [0.15, 0.2) is 0 Å². The van der Waals surface area contributed by atoms with Gasteiger partial charge < -0.3 is 14.5 Å². The minimum Gasteiger partial charge on any atom is -0.458 e. The molecule has 0 fully saturated rings. The summed E-state index contributed by atoms with van der Waals surface area (Å²) < 4.78 is 7.00. The van der Waals surface area contributed by atoms with E-state index in [0.717, 1.165) is 45.4 Å². The number of ether oxygens (including phenoxy) is 1. The normalized spacial score (nSPS) is 12.4. The molecule has 0 saturated carbocycles. The summed E-state index contributed by atoms with van der Waals surface area (Å²) in [6.07, 6.45) is 0. The molecule has 262 valence electrons. The number of nitrogens with zero attached hydrogens (tertiary/aromatic N) is 2. The highest BCUT2D eigenvalue weighted by atomic mass is 16.5. The Morgan fingerprint density at radius 2 is 0.946 bits per heavy atom. The van der Waals surface area contributed by atoms with E-state index in [0.29, 0.717) is 0 Å². The van der Waals surface area contributed by atoms with E-state index >= 15 is 0 Å². The van der Waals surface area contributed by atoms with Gasteiger partial charge in [0.1, 0.15) is 11.5 Å². The van der Waals surface area contributed by atoms with Crippen LogP contribution in [0.5, 0.6) is 11.5 Å². The molecular formula is C52H35BN2O. The highest BCUT2D eigenvalue weighted by Gasteiger charge is 2.42. The van der Waals surface area contributed by atoms with Crippen LogP contribution in [0.2, 0.25) is 0 Å². The maximum atomic E-state index is 7.00. The van der Waals surface area contributed by atoms with Gasteiger partial charge in [-0.15, -0.1) is 0 Å². The van der Waals surface area contributed by atoms with Crippen LogP contribution in [0.4, 0.5) is 34.1 Å². The van der Waals surface area contributed by atoms with Crippen molar-refractivity contribution in [3.05, 3.63) is 212 Å². The van der Waals surface area contributed by atoms with Gasteiger partial charge in [-0.1, -0.05) is 146 Å². The molecule has 0 saturated heterocycles. The molecule has 11 rings (SSSR count). The number of fused-ring (bicyclic) bond motifs is 6. The Balaban J connectivity index is 1.07. The van der Waals surface area contributed by atoms with Gasteiger partial charge in [-0.25, -0.2) is 0 Å². The van der Waals surface area contributed by atoms with E-state index in [1.165, 1.54) is 49.6 Å². The van der Waals surface area contributed by atoms with Crippen molar-refractivity contribution >= 4 is 68.0 Å². The van der Waals surface area contributed by atoms with Crippen LogP contribution in [0.15, 0.2) is 212 Å². The van der Waals surface area contributed by atoms with Crippen LogP contribution in [0.1, 0.15) is 0 Å². The molecule has 9 aromatic carbocycles. The summed E-state index contributed by atoms with van der Waals surface area (Å²) in [4.78, 5) is 4.74.